The van der Waals surface area contributed by atoms with E-state index in [0.29, 0.717) is 11.1 Å². The van der Waals surface area contributed by atoms with Gasteiger partial charge in [-0.05, 0) is 48.5 Å². The molecule has 10 heteroatoms. The number of nitriles is 1. The van der Waals surface area contributed by atoms with Gasteiger partial charge in [-0.25, -0.2) is 9.67 Å². The van der Waals surface area contributed by atoms with Crippen molar-refractivity contribution in [1.82, 2.24) is 19.7 Å². The molecule has 0 aliphatic carbocycles. The van der Waals surface area contributed by atoms with E-state index in [-0.39, 0.29) is 22.8 Å². The monoisotopic (exact) mass is 434 g/mol. The number of rotatable bonds is 4. The van der Waals surface area contributed by atoms with Crippen molar-refractivity contribution in [2.24, 2.45) is 0 Å². The van der Waals surface area contributed by atoms with E-state index in [1.807, 2.05) is 6.07 Å². The molecular formula is C22H13F3N6O. The molecule has 0 aliphatic heterocycles. The van der Waals surface area contributed by atoms with E-state index < -0.39 is 17.8 Å². The number of hydrogen-bond donors (Lipinski definition) is 1. The average molecular weight is 434 g/mol. The quantitative estimate of drug-likeness (QED) is 0.511. The van der Waals surface area contributed by atoms with Gasteiger partial charge >= 0.3 is 6.18 Å². The fourth-order valence-electron chi connectivity index (χ4n) is 2.94. The molecule has 0 aliphatic rings. The van der Waals surface area contributed by atoms with Crippen LogP contribution in [0.4, 0.5) is 19.0 Å². The van der Waals surface area contributed by atoms with Crippen LogP contribution < -0.4 is 5.32 Å². The fraction of sp³-hybridized carbons (Fsp3) is 0.0455. The lowest BCUT2D eigenvalue weighted by Gasteiger charge is -2.10. The van der Waals surface area contributed by atoms with Gasteiger partial charge in [-0.3, -0.25) is 9.78 Å². The zero-order chi connectivity index (χ0) is 22.7. The van der Waals surface area contributed by atoms with E-state index in [4.69, 9.17) is 5.26 Å². The molecule has 7 nitrogen and oxygen atoms in total. The minimum absolute atomic E-state index is 0.0666. The highest BCUT2D eigenvalue weighted by molar-refractivity contribution is 6.03. The van der Waals surface area contributed by atoms with Crippen LogP contribution in [-0.2, 0) is 6.18 Å². The van der Waals surface area contributed by atoms with E-state index in [1.54, 1.807) is 24.3 Å². The zero-order valence-corrected chi connectivity index (χ0v) is 16.2. The van der Waals surface area contributed by atoms with Gasteiger partial charge < -0.3 is 5.32 Å². The first-order chi connectivity index (χ1) is 15.3. The number of pyridine rings is 2. The summed E-state index contributed by atoms with van der Waals surface area (Å²) in [4.78, 5) is 20.3. The number of nitrogens with one attached hydrogen (secondary N) is 1. The topological polar surface area (TPSA) is 96.5 Å². The minimum atomic E-state index is -4.65. The van der Waals surface area contributed by atoms with Gasteiger partial charge in [-0.15, -0.1) is 0 Å². The molecule has 32 heavy (non-hydrogen) atoms. The van der Waals surface area contributed by atoms with Crippen LogP contribution in [-0.4, -0.2) is 25.7 Å². The van der Waals surface area contributed by atoms with Crippen molar-refractivity contribution < 1.29 is 18.0 Å². The van der Waals surface area contributed by atoms with E-state index in [2.05, 4.69) is 20.4 Å². The van der Waals surface area contributed by atoms with Gasteiger partial charge in [0.05, 0.1) is 29.2 Å². The largest absolute Gasteiger partial charge is 0.433 e. The van der Waals surface area contributed by atoms with Crippen LogP contribution in [0.5, 0.6) is 0 Å². The molecule has 4 rings (SSSR count). The highest BCUT2D eigenvalue weighted by Gasteiger charge is 2.36. The molecule has 0 fully saturated rings. The van der Waals surface area contributed by atoms with Crippen LogP contribution in [0, 0.1) is 11.3 Å². The molecular weight excluding hydrogens is 421 g/mol. The molecule has 3 heterocycles. The molecule has 1 aromatic carbocycles. The van der Waals surface area contributed by atoms with Gasteiger partial charge in [0.15, 0.2) is 0 Å². The number of halogens is 3. The van der Waals surface area contributed by atoms with Gasteiger partial charge in [-0.2, -0.15) is 23.5 Å². The Morgan fingerprint density at radius 1 is 1.06 bits per heavy atom. The van der Waals surface area contributed by atoms with E-state index >= 15 is 0 Å². The summed E-state index contributed by atoms with van der Waals surface area (Å²) in [5.41, 5.74) is 0.222. The van der Waals surface area contributed by atoms with Gasteiger partial charge in [0.25, 0.3) is 5.91 Å². The first-order valence-corrected chi connectivity index (χ1v) is 9.21. The molecule has 0 unspecified atom stereocenters. The maximum absolute atomic E-state index is 13.6. The Hall–Kier alpha value is -4.52. The normalized spacial score (nSPS) is 11.1. The predicted octanol–water partition coefficient (Wildman–Crippen LogP) is 4.47. The molecule has 0 radical (unpaired) electrons. The predicted molar refractivity (Wildman–Crippen MR) is 109 cm³/mol. The van der Waals surface area contributed by atoms with Gasteiger partial charge in [0.2, 0.25) is 0 Å². The number of benzene rings is 1. The summed E-state index contributed by atoms with van der Waals surface area (Å²) in [6.45, 7) is 0. The van der Waals surface area contributed by atoms with Crippen LogP contribution in [0.3, 0.4) is 0 Å². The SMILES string of the molecule is N#Cc1cccc(C(=O)Nc2ccc(-n3nc(-c4cccnc4)cc3C(F)(F)F)cn2)c1. The van der Waals surface area contributed by atoms with Crippen molar-refractivity contribution in [2.45, 2.75) is 6.18 Å². The van der Waals surface area contributed by atoms with Gasteiger partial charge in [0.1, 0.15) is 11.5 Å². The molecule has 0 saturated heterocycles. The number of nitrogens with zero attached hydrogens (tertiary/aromatic N) is 5. The second kappa shape index (κ2) is 8.31. The fourth-order valence-corrected chi connectivity index (χ4v) is 2.94. The Morgan fingerprint density at radius 3 is 2.56 bits per heavy atom. The maximum atomic E-state index is 13.6. The molecule has 1 amide bonds. The number of carbonyl (C=O) groups excluding carboxylic acids is 1. The van der Waals surface area contributed by atoms with Crippen molar-refractivity contribution in [3.05, 3.63) is 90.0 Å². The lowest BCUT2D eigenvalue weighted by atomic mass is 10.1. The first kappa shape index (κ1) is 20.7. The van der Waals surface area contributed by atoms with Gasteiger partial charge in [-0.1, -0.05) is 6.07 Å². The van der Waals surface area contributed by atoms with E-state index in [0.717, 1.165) is 10.7 Å². The summed E-state index contributed by atoms with van der Waals surface area (Å²) in [6, 6.07) is 14.9. The average Bonchev–Trinajstić information content (AvgIpc) is 3.26. The van der Waals surface area contributed by atoms with Crippen LogP contribution in [0.2, 0.25) is 0 Å². The summed E-state index contributed by atoms with van der Waals surface area (Å²) in [5, 5.41) is 15.6. The van der Waals surface area contributed by atoms with Crippen molar-refractivity contribution >= 4 is 11.7 Å². The molecule has 3 aromatic heterocycles. The first-order valence-electron chi connectivity index (χ1n) is 9.21. The molecule has 0 spiro atoms. The Balaban J connectivity index is 1.62. The molecule has 158 valence electrons. The number of aromatic nitrogens is 4. The Morgan fingerprint density at radius 2 is 1.91 bits per heavy atom. The molecule has 0 saturated carbocycles. The van der Waals surface area contributed by atoms with Gasteiger partial charge in [0, 0.05) is 23.5 Å². The van der Waals surface area contributed by atoms with Crippen molar-refractivity contribution in [2.75, 3.05) is 5.32 Å². The number of alkyl halides is 3. The lowest BCUT2D eigenvalue weighted by molar-refractivity contribution is -0.142. The summed E-state index contributed by atoms with van der Waals surface area (Å²) in [7, 11) is 0. The Bertz CT molecular complexity index is 1310. The number of carbonyl (C=O) groups is 1. The van der Waals surface area contributed by atoms with Crippen molar-refractivity contribution in [1.29, 1.82) is 5.26 Å². The summed E-state index contributed by atoms with van der Waals surface area (Å²) in [5.74, 6) is -0.370. The lowest BCUT2D eigenvalue weighted by Crippen LogP contribution is -2.15. The zero-order valence-electron chi connectivity index (χ0n) is 16.2. The molecule has 1 N–H and O–H groups in total. The number of amides is 1. The van der Waals surface area contributed by atoms with E-state index in [9.17, 15) is 18.0 Å². The van der Waals surface area contributed by atoms with Crippen molar-refractivity contribution in [3.8, 4) is 23.0 Å². The second-order valence-electron chi connectivity index (χ2n) is 6.61. The number of hydrogen-bond acceptors (Lipinski definition) is 5. The smallest absolute Gasteiger partial charge is 0.307 e. The standard InChI is InChI=1S/C22H13F3N6O/c23-22(24,25)19-10-18(16-5-2-8-27-12-16)30-31(19)17-6-7-20(28-13-17)29-21(32)15-4-1-3-14(9-15)11-26/h1-10,12-13H,(H,28,29,32). The highest BCUT2D eigenvalue weighted by atomic mass is 19.4. The second-order valence-corrected chi connectivity index (χ2v) is 6.61. The van der Waals surface area contributed by atoms with Crippen LogP contribution in [0.1, 0.15) is 21.6 Å². The number of anilines is 1. The molecule has 4 aromatic rings. The Kier molecular flexibility index (Phi) is 5.39. The highest BCUT2D eigenvalue weighted by Crippen LogP contribution is 2.33. The molecule has 0 bridgehead atoms. The molecule has 0 atom stereocenters. The van der Waals surface area contributed by atoms with Crippen LogP contribution >= 0.6 is 0 Å². The third-order valence-electron chi connectivity index (χ3n) is 4.44. The Labute approximate surface area is 179 Å². The summed E-state index contributed by atoms with van der Waals surface area (Å²) >= 11 is 0. The van der Waals surface area contributed by atoms with E-state index in [1.165, 1.54) is 42.9 Å². The minimum Gasteiger partial charge on any atom is -0.307 e. The van der Waals surface area contributed by atoms with Crippen molar-refractivity contribution in [3.63, 3.8) is 0 Å². The summed E-state index contributed by atoms with van der Waals surface area (Å²) in [6.07, 6.45) is -0.535. The maximum Gasteiger partial charge on any atom is 0.433 e. The van der Waals surface area contributed by atoms with Crippen LogP contribution in [0.25, 0.3) is 16.9 Å². The summed E-state index contributed by atoms with van der Waals surface area (Å²) < 4.78 is 41.5. The van der Waals surface area contributed by atoms with Crippen LogP contribution in [0.15, 0.2) is 73.2 Å². The third-order valence-corrected chi connectivity index (χ3v) is 4.44. The third kappa shape index (κ3) is 4.32.